The third-order valence-electron chi connectivity index (χ3n) is 2.63. The van der Waals surface area contributed by atoms with Gasteiger partial charge in [0.1, 0.15) is 4.90 Å². The number of benzene rings is 1. The molecule has 1 aromatic heterocycles. The summed E-state index contributed by atoms with van der Waals surface area (Å²) >= 11 is 13.4. The Balaban J connectivity index is 2.42. The average molecular weight is 366 g/mol. The Hall–Kier alpha value is -0.860. The van der Waals surface area contributed by atoms with E-state index < -0.39 is 10.0 Å². The quantitative estimate of drug-likeness (QED) is 0.852. The van der Waals surface area contributed by atoms with Crippen molar-refractivity contribution in [1.29, 1.82) is 0 Å². The van der Waals surface area contributed by atoms with Gasteiger partial charge in [0.15, 0.2) is 5.13 Å². The molecule has 1 aromatic carbocycles. The van der Waals surface area contributed by atoms with Crippen LogP contribution in [0, 0.1) is 6.92 Å². The number of sulfonamides is 1. The molecule has 114 valence electrons. The highest BCUT2D eigenvalue weighted by Gasteiger charge is 2.22. The molecule has 0 radical (unpaired) electrons. The van der Waals surface area contributed by atoms with E-state index in [2.05, 4.69) is 15.0 Å². The SMILES string of the molecule is CNCc1c(Cl)ccc(S(=O)(=O)Nc2nc(C)cs2)c1Cl. The molecule has 0 spiro atoms. The summed E-state index contributed by atoms with van der Waals surface area (Å²) < 4.78 is 27.2. The van der Waals surface area contributed by atoms with Gasteiger partial charge in [-0.05, 0) is 26.1 Å². The van der Waals surface area contributed by atoms with Crippen LogP contribution < -0.4 is 10.0 Å². The topological polar surface area (TPSA) is 71.1 Å². The van der Waals surface area contributed by atoms with Gasteiger partial charge in [0.05, 0.1) is 10.7 Å². The molecule has 0 saturated carbocycles. The van der Waals surface area contributed by atoms with Gasteiger partial charge < -0.3 is 5.32 Å². The molecule has 5 nitrogen and oxygen atoms in total. The van der Waals surface area contributed by atoms with Crippen LogP contribution in [0.4, 0.5) is 5.13 Å². The Morgan fingerprint density at radius 1 is 1.33 bits per heavy atom. The molecule has 0 bridgehead atoms. The number of rotatable bonds is 5. The van der Waals surface area contributed by atoms with Crippen molar-refractivity contribution in [3.63, 3.8) is 0 Å². The normalized spacial score (nSPS) is 11.6. The van der Waals surface area contributed by atoms with Crippen molar-refractivity contribution in [2.75, 3.05) is 11.8 Å². The first-order valence-electron chi connectivity index (χ1n) is 5.91. The summed E-state index contributed by atoms with van der Waals surface area (Å²) in [5, 5.41) is 5.48. The van der Waals surface area contributed by atoms with E-state index in [1.807, 2.05) is 0 Å². The minimum atomic E-state index is -3.81. The highest BCUT2D eigenvalue weighted by molar-refractivity contribution is 7.93. The highest BCUT2D eigenvalue weighted by Crippen LogP contribution is 2.32. The number of anilines is 1. The fourth-order valence-corrected chi connectivity index (χ4v) is 4.55. The number of nitrogens with one attached hydrogen (secondary N) is 2. The van der Waals surface area contributed by atoms with Crippen LogP contribution in [0.5, 0.6) is 0 Å². The van der Waals surface area contributed by atoms with E-state index in [4.69, 9.17) is 23.2 Å². The number of aryl methyl sites for hydroxylation is 1. The third-order valence-corrected chi connectivity index (χ3v) is 5.92. The summed E-state index contributed by atoms with van der Waals surface area (Å²) in [6, 6.07) is 2.90. The molecule has 0 aliphatic heterocycles. The number of thiazole rings is 1. The van der Waals surface area contributed by atoms with E-state index >= 15 is 0 Å². The molecule has 0 aliphatic rings. The van der Waals surface area contributed by atoms with E-state index in [9.17, 15) is 8.42 Å². The van der Waals surface area contributed by atoms with Crippen LogP contribution >= 0.6 is 34.5 Å². The van der Waals surface area contributed by atoms with Crippen molar-refractivity contribution in [3.05, 3.63) is 38.8 Å². The predicted octanol–water partition coefficient (Wildman–Crippen LogP) is 3.28. The van der Waals surface area contributed by atoms with Crippen molar-refractivity contribution in [2.45, 2.75) is 18.4 Å². The smallest absolute Gasteiger partial charge is 0.265 e. The van der Waals surface area contributed by atoms with Crippen molar-refractivity contribution in [3.8, 4) is 0 Å². The minimum Gasteiger partial charge on any atom is -0.316 e. The summed E-state index contributed by atoms with van der Waals surface area (Å²) in [6.07, 6.45) is 0. The van der Waals surface area contributed by atoms with Gasteiger partial charge in [-0.1, -0.05) is 23.2 Å². The van der Waals surface area contributed by atoms with Gasteiger partial charge in [-0.15, -0.1) is 11.3 Å². The number of nitrogens with zero attached hydrogens (tertiary/aromatic N) is 1. The largest absolute Gasteiger partial charge is 0.316 e. The molecule has 2 N–H and O–H groups in total. The number of hydrogen-bond donors (Lipinski definition) is 2. The molecule has 2 aromatic rings. The van der Waals surface area contributed by atoms with E-state index in [-0.39, 0.29) is 9.92 Å². The summed E-state index contributed by atoms with van der Waals surface area (Å²) in [4.78, 5) is 4.05. The Kier molecular flexibility index (Phi) is 5.11. The van der Waals surface area contributed by atoms with Gasteiger partial charge in [0, 0.05) is 22.5 Å². The summed E-state index contributed by atoms with van der Waals surface area (Å²) in [6.45, 7) is 2.16. The lowest BCUT2D eigenvalue weighted by Crippen LogP contribution is -2.15. The summed E-state index contributed by atoms with van der Waals surface area (Å²) in [5.41, 5.74) is 1.29. The summed E-state index contributed by atoms with van der Waals surface area (Å²) in [5.74, 6) is 0. The van der Waals surface area contributed by atoms with Crippen LogP contribution in [-0.4, -0.2) is 20.4 Å². The Morgan fingerprint density at radius 2 is 2.05 bits per heavy atom. The van der Waals surface area contributed by atoms with Gasteiger partial charge in [-0.3, -0.25) is 4.72 Å². The van der Waals surface area contributed by atoms with Crippen molar-refractivity contribution < 1.29 is 8.42 Å². The fourth-order valence-electron chi connectivity index (χ4n) is 1.69. The van der Waals surface area contributed by atoms with E-state index in [1.165, 1.54) is 23.5 Å². The van der Waals surface area contributed by atoms with Gasteiger partial charge in [-0.2, -0.15) is 0 Å². The third kappa shape index (κ3) is 3.67. The molecule has 0 saturated heterocycles. The van der Waals surface area contributed by atoms with Crippen LogP contribution in [0.3, 0.4) is 0 Å². The second-order valence-corrected chi connectivity index (χ2v) is 7.56. The van der Waals surface area contributed by atoms with E-state index in [0.29, 0.717) is 22.3 Å². The molecule has 0 fully saturated rings. The monoisotopic (exact) mass is 365 g/mol. The zero-order valence-electron chi connectivity index (χ0n) is 11.3. The molecule has 9 heteroatoms. The molecule has 2 rings (SSSR count). The van der Waals surface area contributed by atoms with E-state index in [1.54, 1.807) is 19.4 Å². The van der Waals surface area contributed by atoms with Crippen molar-refractivity contribution in [1.82, 2.24) is 10.3 Å². The lowest BCUT2D eigenvalue weighted by atomic mass is 10.2. The fraction of sp³-hybridized carbons (Fsp3) is 0.250. The molecule has 0 amide bonds. The molecule has 0 atom stereocenters. The second kappa shape index (κ2) is 6.50. The first kappa shape index (κ1) is 16.5. The molecule has 0 aliphatic carbocycles. The Labute approximate surface area is 137 Å². The Morgan fingerprint density at radius 3 is 2.62 bits per heavy atom. The van der Waals surface area contributed by atoms with Gasteiger partial charge in [-0.25, -0.2) is 13.4 Å². The van der Waals surface area contributed by atoms with Crippen LogP contribution in [0.15, 0.2) is 22.4 Å². The maximum atomic E-state index is 12.4. The van der Waals surface area contributed by atoms with E-state index in [0.717, 1.165) is 5.69 Å². The van der Waals surface area contributed by atoms with Gasteiger partial charge in [0.25, 0.3) is 10.0 Å². The molecule has 0 unspecified atom stereocenters. The highest BCUT2D eigenvalue weighted by atomic mass is 35.5. The average Bonchev–Trinajstić information content (AvgIpc) is 2.78. The molecule has 21 heavy (non-hydrogen) atoms. The van der Waals surface area contributed by atoms with Crippen LogP contribution in [0.1, 0.15) is 11.3 Å². The maximum Gasteiger partial charge on any atom is 0.265 e. The second-order valence-electron chi connectivity index (χ2n) is 4.27. The first-order valence-corrected chi connectivity index (χ1v) is 9.03. The van der Waals surface area contributed by atoms with Gasteiger partial charge >= 0.3 is 0 Å². The Bertz CT molecular complexity index is 760. The summed E-state index contributed by atoms with van der Waals surface area (Å²) in [7, 11) is -2.08. The molecular formula is C12H13Cl2N3O2S2. The zero-order chi connectivity index (χ0) is 15.6. The van der Waals surface area contributed by atoms with Gasteiger partial charge in [0.2, 0.25) is 0 Å². The number of halogens is 2. The maximum absolute atomic E-state index is 12.4. The standard InChI is InChI=1S/C12H13Cl2N3O2S2/c1-7-6-20-12(16-7)17-21(18,19)10-4-3-9(13)8(5-15-2)11(10)14/h3-4,6,15H,5H2,1-2H3,(H,16,17). The predicted molar refractivity (Wildman–Crippen MR) is 86.9 cm³/mol. The first-order chi connectivity index (χ1) is 9.85. The van der Waals surface area contributed by atoms with Crippen LogP contribution in [0.2, 0.25) is 10.0 Å². The molecular weight excluding hydrogens is 353 g/mol. The van der Waals surface area contributed by atoms with Crippen molar-refractivity contribution >= 4 is 49.7 Å². The lowest BCUT2D eigenvalue weighted by Gasteiger charge is -2.12. The zero-order valence-corrected chi connectivity index (χ0v) is 14.4. The number of hydrogen-bond acceptors (Lipinski definition) is 5. The lowest BCUT2D eigenvalue weighted by molar-refractivity contribution is 0.601. The minimum absolute atomic E-state index is 0.0216. The molecule has 1 heterocycles. The van der Waals surface area contributed by atoms with Crippen LogP contribution in [-0.2, 0) is 16.6 Å². The van der Waals surface area contributed by atoms with Crippen molar-refractivity contribution in [2.24, 2.45) is 0 Å². The van der Waals surface area contributed by atoms with Crippen LogP contribution in [0.25, 0.3) is 0 Å². The number of aromatic nitrogens is 1.